The summed E-state index contributed by atoms with van der Waals surface area (Å²) in [7, 11) is -2.50. The van der Waals surface area contributed by atoms with Crippen LogP contribution >= 0.6 is 0 Å². The van der Waals surface area contributed by atoms with Crippen molar-refractivity contribution < 1.29 is 17.9 Å². The van der Waals surface area contributed by atoms with E-state index < -0.39 is 16.0 Å². The second-order valence-electron chi connectivity index (χ2n) is 4.52. The summed E-state index contributed by atoms with van der Waals surface area (Å²) >= 11 is 0. The molecule has 0 amide bonds. The third-order valence-electron chi connectivity index (χ3n) is 3.06. The molecule has 7 heteroatoms. The van der Waals surface area contributed by atoms with Crippen molar-refractivity contribution in [2.24, 2.45) is 0 Å². The zero-order valence-electron chi connectivity index (χ0n) is 12.2. The molecule has 0 saturated carbocycles. The van der Waals surface area contributed by atoms with Crippen LogP contribution in [0, 0.1) is 0 Å². The lowest BCUT2D eigenvalue weighted by molar-refractivity contribution is 0.0600. The third-order valence-corrected chi connectivity index (χ3v) is 4.43. The lowest BCUT2D eigenvalue weighted by Gasteiger charge is -2.08. The Labute approximate surface area is 129 Å². The summed E-state index contributed by atoms with van der Waals surface area (Å²) in [5.41, 5.74) is 1.27. The van der Waals surface area contributed by atoms with Crippen LogP contribution in [0.15, 0.2) is 47.5 Å². The fraction of sp³-hybridized carbons (Fsp3) is 0.200. The summed E-state index contributed by atoms with van der Waals surface area (Å²) in [6, 6.07) is 9.35. The molecule has 0 aliphatic heterocycles. The van der Waals surface area contributed by atoms with Crippen LogP contribution < -0.4 is 4.72 Å². The van der Waals surface area contributed by atoms with E-state index in [9.17, 15) is 13.2 Å². The number of anilines is 1. The smallest absolute Gasteiger partial charge is 0.338 e. The first-order valence-corrected chi connectivity index (χ1v) is 8.10. The molecule has 0 unspecified atom stereocenters. The van der Waals surface area contributed by atoms with Crippen LogP contribution in [0.3, 0.4) is 0 Å². The number of sulfonamides is 1. The lowest BCUT2D eigenvalue weighted by atomic mass is 10.2. The van der Waals surface area contributed by atoms with E-state index in [4.69, 9.17) is 0 Å². The van der Waals surface area contributed by atoms with Crippen molar-refractivity contribution in [2.45, 2.75) is 18.2 Å². The number of rotatable bonds is 5. The van der Waals surface area contributed by atoms with Gasteiger partial charge in [0.15, 0.2) is 0 Å². The molecular weight excluding hydrogens is 304 g/mol. The molecule has 0 bridgehead atoms. The van der Waals surface area contributed by atoms with E-state index in [1.807, 2.05) is 6.92 Å². The number of carbonyl (C=O) groups is 1. The summed E-state index contributed by atoms with van der Waals surface area (Å²) in [6.07, 6.45) is 2.17. The van der Waals surface area contributed by atoms with Crippen molar-refractivity contribution in [3.05, 3.63) is 53.7 Å². The molecule has 0 spiro atoms. The fourth-order valence-corrected chi connectivity index (χ4v) is 2.83. The average Bonchev–Trinajstić information content (AvgIpc) is 2.54. The first-order chi connectivity index (χ1) is 10.5. The van der Waals surface area contributed by atoms with Crippen LogP contribution in [0.1, 0.15) is 22.8 Å². The number of benzene rings is 1. The van der Waals surface area contributed by atoms with Gasteiger partial charge in [-0.3, -0.25) is 4.72 Å². The molecule has 6 nitrogen and oxygen atoms in total. The van der Waals surface area contributed by atoms with E-state index in [0.29, 0.717) is 0 Å². The summed E-state index contributed by atoms with van der Waals surface area (Å²) in [4.78, 5) is 15.5. The summed E-state index contributed by atoms with van der Waals surface area (Å²) in [5, 5.41) is 0. The Morgan fingerprint density at radius 3 is 2.50 bits per heavy atom. The topological polar surface area (TPSA) is 85.4 Å². The molecule has 1 heterocycles. The molecule has 0 aliphatic rings. The van der Waals surface area contributed by atoms with Crippen LogP contribution in [-0.2, 0) is 21.2 Å². The van der Waals surface area contributed by atoms with Gasteiger partial charge < -0.3 is 4.74 Å². The minimum atomic E-state index is -3.75. The lowest BCUT2D eigenvalue weighted by Crippen LogP contribution is -2.14. The molecule has 0 aliphatic carbocycles. The maximum absolute atomic E-state index is 12.3. The van der Waals surface area contributed by atoms with E-state index in [2.05, 4.69) is 14.4 Å². The van der Waals surface area contributed by atoms with Gasteiger partial charge in [-0.05, 0) is 36.2 Å². The van der Waals surface area contributed by atoms with Crippen LogP contribution in [0.5, 0.6) is 0 Å². The largest absolute Gasteiger partial charge is 0.465 e. The Morgan fingerprint density at radius 1 is 1.23 bits per heavy atom. The minimum absolute atomic E-state index is 0.0578. The minimum Gasteiger partial charge on any atom is -0.465 e. The number of aryl methyl sites for hydroxylation is 1. The van der Waals surface area contributed by atoms with Gasteiger partial charge in [-0.2, -0.15) is 0 Å². The Balaban J connectivity index is 2.26. The van der Waals surface area contributed by atoms with Gasteiger partial charge in [0.1, 0.15) is 5.82 Å². The van der Waals surface area contributed by atoms with Gasteiger partial charge in [-0.1, -0.05) is 19.1 Å². The Kier molecular flexibility index (Phi) is 4.77. The van der Waals surface area contributed by atoms with Crippen molar-refractivity contribution in [3.63, 3.8) is 0 Å². The van der Waals surface area contributed by atoms with Crippen LogP contribution in [-0.4, -0.2) is 26.5 Å². The van der Waals surface area contributed by atoms with Gasteiger partial charge >= 0.3 is 5.97 Å². The van der Waals surface area contributed by atoms with Crippen LogP contribution in [0.25, 0.3) is 0 Å². The molecule has 1 aromatic carbocycles. The van der Waals surface area contributed by atoms with E-state index in [0.717, 1.165) is 12.0 Å². The number of carbonyl (C=O) groups excluding carboxylic acids is 1. The second-order valence-corrected chi connectivity index (χ2v) is 6.21. The molecule has 0 fully saturated rings. The van der Waals surface area contributed by atoms with Crippen molar-refractivity contribution in [1.29, 1.82) is 0 Å². The van der Waals surface area contributed by atoms with Crippen LogP contribution in [0.4, 0.5) is 5.82 Å². The highest BCUT2D eigenvalue weighted by Gasteiger charge is 2.16. The molecule has 1 N–H and O–H groups in total. The molecule has 116 valence electrons. The molecular formula is C15H16N2O4S. The maximum Gasteiger partial charge on any atom is 0.338 e. The maximum atomic E-state index is 12.3. The Hall–Kier alpha value is -2.41. The van der Waals surface area contributed by atoms with Gasteiger partial charge in [0.05, 0.1) is 17.6 Å². The number of aromatic nitrogens is 1. The molecule has 2 aromatic rings. The number of nitrogens with one attached hydrogen (secondary N) is 1. The predicted octanol–water partition coefficient (Wildman–Crippen LogP) is 2.23. The molecule has 0 saturated heterocycles. The van der Waals surface area contributed by atoms with Gasteiger partial charge in [-0.15, -0.1) is 0 Å². The summed E-state index contributed by atoms with van der Waals surface area (Å²) in [6.45, 7) is 1.99. The standard InChI is InChI=1S/C15H16N2O4S/c1-3-11-4-6-13(7-5-11)22(19,20)17-14-10-12(8-9-16-14)15(18)21-2/h4-10H,3H2,1-2H3,(H,16,17). The van der Waals surface area contributed by atoms with Gasteiger partial charge in [0, 0.05) is 6.20 Å². The zero-order chi connectivity index (χ0) is 16.2. The first kappa shape index (κ1) is 16.0. The van der Waals surface area contributed by atoms with Crippen molar-refractivity contribution in [2.75, 3.05) is 11.8 Å². The van der Waals surface area contributed by atoms with E-state index >= 15 is 0 Å². The van der Waals surface area contributed by atoms with Crippen molar-refractivity contribution in [1.82, 2.24) is 4.98 Å². The number of hydrogen-bond donors (Lipinski definition) is 1. The average molecular weight is 320 g/mol. The number of ether oxygens (including phenoxy) is 1. The molecule has 1 aromatic heterocycles. The monoisotopic (exact) mass is 320 g/mol. The summed E-state index contributed by atoms with van der Waals surface area (Å²) in [5.74, 6) is -0.502. The van der Waals surface area contributed by atoms with E-state index in [1.54, 1.807) is 12.1 Å². The predicted molar refractivity (Wildman–Crippen MR) is 82.2 cm³/mol. The van der Waals surface area contributed by atoms with Gasteiger partial charge in [0.2, 0.25) is 0 Å². The van der Waals surface area contributed by atoms with Gasteiger partial charge in [0.25, 0.3) is 10.0 Å². The Morgan fingerprint density at radius 2 is 1.91 bits per heavy atom. The Bertz CT molecular complexity index is 770. The molecule has 22 heavy (non-hydrogen) atoms. The molecule has 2 rings (SSSR count). The normalized spacial score (nSPS) is 11.0. The SMILES string of the molecule is CCc1ccc(S(=O)(=O)Nc2cc(C(=O)OC)ccn2)cc1. The van der Waals surface area contributed by atoms with Gasteiger partial charge in [-0.25, -0.2) is 18.2 Å². The molecule has 0 radical (unpaired) electrons. The van der Waals surface area contributed by atoms with Crippen molar-refractivity contribution >= 4 is 21.8 Å². The highest BCUT2D eigenvalue weighted by Crippen LogP contribution is 2.16. The number of esters is 1. The summed E-state index contributed by atoms with van der Waals surface area (Å²) < 4.78 is 31.5. The number of nitrogens with zero attached hydrogens (tertiary/aromatic N) is 1. The number of hydrogen-bond acceptors (Lipinski definition) is 5. The zero-order valence-corrected chi connectivity index (χ0v) is 13.1. The first-order valence-electron chi connectivity index (χ1n) is 6.62. The number of methoxy groups -OCH3 is 1. The fourth-order valence-electron chi connectivity index (χ4n) is 1.83. The number of pyridine rings is 1. The second kappa shape index (κ2) is 6.57. The molecule has 0 atom stereocenters. The third kappa shape index (κ3) is 3.62. The van der Waals surface area contributed by atoms with Crippen molar-refractivity contribution in [3.8, 4) is 0 Å². The van der Waals surface area contributed by atoms with E-state index in [-0.39, 0.29) is 16.3 Å². The quantitative estimate of drug-likeness (QED) is 0.854. The van der Waals surface area contributed by atoms with Crippen LogP contribution in [0.2, 0.25) is 0 Å². The highest BCUT2D eigenvalue weighted by molar-refractivity contribution is 7.92. The van der Waals surface area contributed by atoms with E-state index in [1.165, 1.54) is 37.6 Å². The highest BCUT2D eigenvalue weighted by atomic mass is 32.2.